The monoisotopic (exact) mass is 533 g/mol. The first-order valence-corrected chi connectivity index (χ1v) is 10.5. The number of hydrogen-bond donors (Lipinski definition) is 1. The molecule has 0 atom stereocenters. The summed E-state index contributed by atoms with van der Waals surface area (Å²) in [5, 5.41) is 11.4. The molecule has 2 fully saturated rings. The molecule has 1 amide bonds. The van der Waals surface area contributed by atoms with Crippen molar-refractivity contribution in [2.45, 2.75) is 64.6 Å². The van der Waals surface area contributed by atoms with Crippen LogP contribution in [0.15, 0.2) is 11.3 Å². The maximum atomic E-state index is 12.8. The van der Waals surface area contributed by atoms with Crippen LogP contribution in [0.4, 0.5) is 4.79 Å². The molecule has 30 heavy (non-hydrogen) atoms. The lowest BCUT2D eigenvalue weighted by Crippen LogP contribution is -2.52. The summed E-state index contributed by atoms with van der Waals surface area (Å²) in [5.74, 6) is 2.36. The predicted molar refractivity (Wildman–Crippen MR) is 127 cm³/mol. The lowest BCUT2D eigenvalue weighted by Gasteiger charge is -2.40. The number of guanidine groups is 1. The Bertz CT molecular complexity index is 719. The van der Waals surface area contributed by atoms with Gasteiger partial charge in [-0.15, -0.1) is 34.2 Å². The topological polar surface area (TPSA) is 87.9 Å². The number of hydrogen-bond acceptors (Lipinski definition) is 5. The van der Waals surface area contributed by atoms with Crippen LogP contribution in [-0.4, -0.2) is 74.9 Å². The zero-order valence-corrected chi connectivity index (χ0v) is 21.1. The van der Waals surface area contributed by atoms with Gasteiger partial charge in [-0.05, 0) is 52.4 Å². The molecule has 9 nitrogen and oxygen atoms in total. The number of carbonyl (C=O) groups is 1. The van der Waals surface area contributed by atoms with Crippen molar-refractivity contribution in [2.24, 2.45) is 18.0 Å². The Morgan fingerprint density at radius 1 is 1.30 bits per heavy atom. The zero-order valence-electron chi connectivity index (χ0n) is 18.8. The van der Waals surface area contributed by atoms with E-state index in [0.717, 1.165) is 44.3 Å². The minimum Gasteiger partial charge on any atom is -0.444 e. The second kappa shape index (κ2) is 10.6. The number of nitrogens with one attached hydrogen (secondary N) is 1. The Hall–Kier alpha value is -1.59. The van der Waals surface area contributed by atoms with Gasteiger partial charge in [-0.1, -0.05) is 0 Å². The summed E-state index contributed by atoms with van der Waals surface area (Å²) in [6.45, 7) is 8.88. The molecular formula is C20H36IN7O2. The molecular weight excluding hydrogens is 497 g/mol. The Balaban J connectivity index is 0.00000320. The first kappa shape index (κ1) is 24.7. The number of nitrogens with zero attached hydrogens (tertiary/aromatic N) is 6. The van der Waals surface area contributed by atoms with E-state index in [1.807, 2.05) is 37.3 Å². The van der Waals surface area contributed by atoms with Crippen molar-refractivity contribution in [1.29, 1.82) is 0 Å². The number of amides is 1. The van der Waals surface area contributed by atoms with Gasteiger partial charge >= 0.3 is 6.09 Å². The molecule has 0 bridgehead atoms. The van der Waals surface area contributed by atoms with Crippen LogP contribution in [0.1, 0.15) is 52.3 Å². The minimum atomic E-state index is -0.467. The van der Waals surface area contributed by atoms with Crippen molar-refractivity contribution in [3.8, 4) is 0 Å². The fraction of sp³-hybridized carbons (Fsp3) is 0.800. The number of ether oxygens (including phenoxy) is 1. The molecule has 10 heteroatoms. The van der Waals surface area contributed by atoms with Crippen molar-refractivity contribution in [1.82, 2.24) is 29.9 Å². The van der Waals surface area contributed by atoms with Gasteiger partial charge in [0.2, 0.25) is 0 Å². The normalized spacial score (nSPS) is 18.0. The highest BCUT2D eigenvalue weighted by molar-refractivity contribution is 14.0. The summed E-state index contributed by atoms with van der Waals surface area (Å²) in [5.41, 5.74) is -0.467. The quantitative estimate of drug-likeness (QED) is 0.356. The summed E-state index contributed by atoms with van der Waals surface area (Å²) < 4.78 is 7.58. The van der Waals surface area contributed by atoms with E-state index in [0.29, 0.717) is 12.5 Å². The summed E-state index contributed by atoms with van der Waals surface area (Å²) in [6, 6.07) is 0.221. The van der Waals surface area contributed by atoms with E-state index in [1.54, 1.807) is 13.4 Å². The van der Waals surface area contributed by atoms with Gasteiger partial charge in [0, 0.05) is 39.8 Å². The molecule has 3 rings (SSSR count). The lowest BCUT2D eigenvalue weighted by molar-refractivity contribution is 0.00928. The Kier molecular flexibility index (Phi) is 8.74. The van der Waals surface area contributed by atoms with Crippen molar-refractivity contribution in [3.05, 3.63) is 12.2 Å². The molecule has 0 aromatic carbocycles. The van der Waals surface area contributed by atoms with Gasteiger partial charge in [-0.25, -0.2) is 4.79 Å². The van der Waals surface area contributed by atoms with E-state index in [4.69, 9.17) is 4.74 Å². The number of rotatable bonds is 5. The Labute approximate surface area is 196 Å². The van der Waals surface area contributed by atoms with Crippen LogP contribution < -0.4 is 5.32 Å². The average Bonchev–Trinajstić information content (AvgIpc) is 3.40. The molecule has 0 radical (unpaired) electrons. The molecule has 2 aliphatic rings. The number of aromatic nitrogens is 3. The highest BCUT2D eigenvalue weighted by atomic mass is 127. The SMILES string of the molecule is CN=C(NCc1nncn1C)N1CCC(N(CC2CC2)C(=O)OC(C)(C)C)CC1.I. The van der Waals surface area contributed by atoms with Gasteiger partial charge < -0.3 is 24.4 Å². The molecule has 1 aromatic heterocycles. The van der Waals surface area contributed by atoms with Gasteiger partial charge in [-0.3, -0.25) is 4.99 Å². The summed E-state index contributed by atoms with van der Waals surface area (Å²) in [4.78, 5) is 21.4. The first-order chi connectivity index (χ1) is 13.8. The fourth-order valence-corrected chi connectivity index (χ4v) is 3.62. The third kappa shape index (κ3) is 6.98. The van der Waals surface area contributed by atoms with E-state index in [2.05, 4.69) is 25.4 Å². The molecule has 1 saturated carbocycles. The predicted octanol–water partition coefficient (Wildman–Crippen LogP) is 2.62. The number of halogens is 1. The summed E-state index contributed by atoms with van der Waals surface area (Å²) in [7, 11) is 3.72. The van der Waals surface area contributed by atoms with Crippen LogP contribution in [0, 0.1) is 5.92 Å². The summed E-state index contributed by atoms with van der Waals surface area (Å²) in [6.07, 6.45) is 5.78. The van der Waals surface area contributed by atoms with Crippen molar-refractivity contribution in [2.75, 3.05) is 26.7 Å². The maximum Gasteiger partial charge on any atom is 0.410 e. The van der Waals surface area contributed by atoms with Gasteiger partial charge in [0.25, 0.3) is 0 Å². The van der Waals surface area contributed by atoms with Crippen LogP contribution in [-0.2, 0) is 18.3 Å². The third-order valence-corrected chi connectivity index (χ3v) is 5.41. The zero-order chi connectivity index (χ0) is 21.0. The minimum absolute atomic E-state index is 0. The number of carbonyl (C=O) groups excluding carboxylic acids is 1. The smallest absolute Gasteiger partial charge is 0.410 e. The maximum absolute atomic E-state index is 12.8. The van der Waals surface area contributed by atoms with Crippen LogP contribution in [0.3, 0.4) is 0 Å². The summed E-state index contributed by atoms with van der Waals surface area (Å²) >= 11 is 0. The molecule has 0 spiro atoms. The molecule has 1 aliphatic heterocycles. The molecule has 2 heterocycles. The Morgan fingerprint density at radius 2 is 1.97 bits per heavy atom. The molecule has 170 valence electrons. The second-order valence-electron chi connectivity index (χ2n) is 9.05. The fourth-order valence-electron chi connectivity index (χ4n) is 3.62. The van der Waals surface area contributed by atoms with Gasteiger partial charge in [0.15, 0.2) is 11.8 Å². The van der Waals surface area contributed by atoms with E-state index in [-0.39, 0.29) is 36.1 Å². The number of aryl methyl sites for hydroxylation is 1. The molecule has 1 N–H and O–H groups in total. The van der Waals surface area contributed by atoms with Crippen molar-refractivity contribution in [3.63, 3.8) is 0 Å². The molecule has 0 unspecified atom stereocenters. The third-order valence-electron chi connectivity index (χ3n) is 5.41. The molecule has 1 saturated heterocycles. The van der Waals surface area contributed by atoms with E-state index < -0.39 is 5.60 Å². The molecule has 1 aliphatic carbocycles. The van der Waals surface area contributed by atoms with Crippen LogP contribution in [0.2, 0.25) is 0 Å². The van der Waals surface area contributed by atoms with Gasteiger partial charge in [-0.2, -0.15) is 0 Å². The van der Waals surface area contributed by atoms with Crippen molar-refractivity contribution >= 4 is 36.0 Å². The Morgan fingerprint density at radius 3 is 2.47 bits per heavy atom. The van der Waals surface area contributed by atoms with E-state index in [9.17, 15) is 4.79 Å². The average molecular weight is 533 g/mol. The largest absolute Gasteiger partial charge is 0.444 e. The number of likely N-dealkylation sites (tertiary alicyclic amines) is 1. The number of aliphatic imine (C=N–C) groups is 1. The van der Waals surface area contributed by atoms with Gasteiger partial charge in [0.1, 0.15) is 11.9 Å². The van der Waals surface area contributed by atoms with Crippen LogP contribution >= 0.6 is 24.0 Å². The standard InChI is InChI=1S/C20H35N7O2.HI/c1-20(2,3)29-19(28)27(13-15-6-7-15)16-8-10-26(11-9-16)18(21-4)22-12-17-24-23-14-25(17)5;/h14-16H,6-13H2,1-5H3,(H,21,22);1H. The van der Waals surface area contributed by atoms with Gasteiger partial charge in [0.05, 0.1) is 6.54 Å². The lowest BCUT2D eigenvalue weighted by atomic mass is 10.0. The second-order valence-corrected chi connectivity index (χ2v) is 9.05. The van der Waals surface area contributed by atoms with Crippen molar-refractivity contribution < 1.29 is 9.53 Å². The van der Waals surface area contributed by atoms with Crippen LogP contribution in [0.25, 0.3) is 0 Å². The number of piperidine rings is 1. The van der Waals surface area contributed by atoms with Crippen LogP contribution in [0.5, 0.6) is 0 Å². The first-order valence-electron chi connectivity index (χ1n) is 10.5. The highest BCUT2D eigenvalue weighted by Gasteiger charge is 2.35. The van der Waals surface area contributed by atoms with E-state index in [1.165, 1.54) is 12.8 Å². The highest BCUT2D eigenvalue weighted by Crippen LogP contribution is 2.32. The van der Waals surface area contributed by atoms with E-state index >= 15 is 0 Å². The molecule has 1 aromatic rings.